The second-order valence-corrected chi connectivity index (χ2v) is 8.54. The number of nitrogens with one attached hydrogen (secondary N) is 1. The number of carbonyl (C=O) groups excluding carboxylic acids is 1. The Labute approximate surface area is 165 Å². The molecule has 0 radical (unpaired) electrons. The number of aryl methyl sites for hydroxylation is 2. The van der Waals surface area contributed by atoms with E-state index >= 15 is 0 Å². The summed E-state index contributed by atoms with van der Waals surface area (Å²) in [6.45, 7) is 5.32. The summed E-state index contributed by atoms with van der Waals surface area (Å²) in [7, 11) is -3.66. The predicted octanol–water partition coefficient (Wildman–Crippen LogP) is 2.09. The number of sulfonamides is 1. The number of rotatable bonds is 5. The van der Waals surface area contributed by atoms with E-state index in [9.17, 15) is 13.2 Å². The Morgan fingerprint density at radius 2 is 1.89 bits per heavy atom. The zero-order valence-electron chi connectivity index (χ0n) is 15.9. The van der Waals surface area contributed by atoms with Gasteiger partial charge in [-0.05, 0) is 43.2 Å². The molecular formula is C20H23N3O4S. The van der Waals surface area contributed by atoms with Gasteiger partial charge in [0.05, 0.1) is 24.3 Å². The molecule has 0 bridgehead atoms. The molecule has 1 aliphatic rings. The lowest BCUT2D eigenvalue weighted by molar-refractivity contribution is 0.0730. The summed E-state index contributed by atoms with van der Waals surface area (Å²) >= 11 is 0. The van der Waals surface area contributed by atoms with E-state index < -0.39 is 15.9 Å². The molecule has 148 valence electrons. The van der Waals surface area contributed by atoms with Gasteiger partial charge in [-0.15, -0.1) is 0 Å². The summed E-state index contributed by atoms with van der Waals surface area (Å²) in [5.74, 6) is -0.472. The smallest absolute Gasteiger partial charge is 0.271 e. The van der Waals surface area contributed by atoms with Crippen LogP contribution in [0.5, 0.6) is 0 Å². The van der Waals surface area contributed by atoms with Gasteiger partial charge in [0, 0.05) is 18.7 Å². The lowest BCUT2D eigenvalue weighted by atomic mass is 10.1. The second-order valence-electron chi connectivity index (χ2n) is 6.60. The van der Waals surface area contributed by atoms with Crippen molar-refractivity contribution in [3.63, 3.8) is 0 Å². The molecular weight excluding hydrogens is 378 g/mol. The zero-order valence-corrected chi connectivity index (χ0v) is 16.7. The van der Waals surface area contributed by atoms with Crippen LogP contribution in [0.4, 0.5) is 0 Å². The van der Waals surface area contributed by atoms with Crippen LogP contribution in [0.1, 0.15) is 27.0 Å². The highest BCUT2D eigenvalue weighted by atomic mass is 32.2. The molecule has 0 aromatic heterocycles. The van der Waals surface area contributed by atoms with Crippen molar-refractivity contribution in [2.24, 2.45) is 5.10 Å². The Hall–Kier alpha value is -2.55. The van der Waals surface area contributed by atoms with Crippen molar-refractivity contribution in [2.45, 2.75) is 18.7 Å². The minimum Gasteiger partial charge on any atom is -0.379 e. The van der Waals surface area contributed by atoms with Crippen LogP contribution in [0.25, 0.3) is 0 Å². The van der Waals surface area contributed by atoms with Gasteiger partial charge in [0.25, 0.3) is 5.91 Å². The first kappa shape index (κ1) is 20.2. The molecule has 2 aromatic carbocycles. The highest BCUT2D eigenvalue weighted by Crippen LogP contribution is 2.18. The summed E-state index contributed by atoms with van der Waals surface area (Å²) in [4.78, 5) is 12.5. The molecule has 0 aliphatic carbocycles. The van der Waals surface area contributed by atoms with Crippen LogP contribution < -0.4 is 5.43 Å². The van der Waals surface area contributed by atoms with Crippen molar-refractivity contribution in [1.82, 2.24) is 9.73 Å². The monoisotopic (exact) mass is 401 g/mol. The molecule has 8 heteroatoms. The van der Waals surface area contributed by atoms with Crippen molar-refractivity contribution in [3.8, 4) is 0 Å². The third-order valence-electron chi connectivity index (χ3n) is 4.50. The largest absolute Gasteiger partial charge is 0.379 e. The number of nitrogens with zero attached hydrogens (tertiary/aromatic N) is 2. The zero-order chi connectivity index (χ0) is 20.1. The average molecular weight is 401 g/mol. The van der Waals surface area contributed by atoms with E-state index in [0.29, 0.717) is 26.3 Å². The molecule has 1 amide bonds. The summed E-state index contributed by atoms with van der Waals surface area (Å²) in [5, 5.41) is 3.99. The Bertz CT molecular complexity index is 996. The summed E-state index contributed by atoms with van der Waals surface area (Å²) in [6, 6.07) is 11.9. The van der Waals surface area contributed by atoms with Crippen molar-refractivity contribution < 1.29 is 17.9 Å². The number of hydrogen-bond donors (Lipinski definition) is 1. The molecule has 0 atom stereocenters. The fourth-order valence-electron chi connectivity index (χ4n) is 2.93. The van der Waals surface area contributed by atoms with Crippen molar-refractivity contribution >= 4 is 22.1 Å². The number of carbonyl (C=O) groups is 1. The van der Waals surface area contributed by atoms with Gasteiger partial charge in [-0.3, -0.25) is 4.79 Å². The van der Waals surface area contributed by atoms with E-state index in [4.69, 9.17) is 4.74 Å². The fourth-order valence-corrected chi connectivity index (χ4v) is 4.38. The fraction of sp³-hybridized carbons (Fsp3) is 0.300. The molecule has 1 aliphatic heterocycles. The predicted molar refractivity (Wildman–Crippen MR) is 107 cm³/mol. The lowest BCUT2D eigenvalue weighted by Crippen LogP contribution is -2.40. The first-order valence-electron chi connectivity index (χ1n) is 8.96. The summed E-state index contributed by atoms with van der Waals surface area (Å²) in [5.41, 5.74) is 5.78. The number of hydrogen-bond acceptors (Lipinski definition) is 5. The van der Waals surface area contributed by atoms with Crippen LogP contribution in [0.15, 0.2) is 52.5 Å². The van der Waals surface area contributed by atoms with Crippen LogP contribution in [0.3, 0.4) is 0 Å². The van der Waals surface area contributed by atoms with Crippen LogP contribution in [0.2, 0.25) is 0 Å². The Balaban J connectivity index is 1.72. The van der Waals surface area contributed by atoms with Crippen molar-refractivity contribution in [1.29, 1.82) is 0 Å². The van der Waals surface area contributed by atoms with Gasteiger partial charge in [-0.2, -0.15) is 9.41 Å². The standard InChI is InChI=1S/C20H23N3O4S/c1-15-6-7-18(16(2)12-15)14-21-22-20(24)17-4-3-5-19(13-17)28(25,26)23-8-10-27-11-9-23/h3-7,12-14H,8-11H2,1-2H3,(H,22,24)/b21-14-. The third kappa shape index (κ3) is 4.64. The van der Waals surface area contributed by atoms with Crippen LogP contribution >= 0.6 is 0 Å². The van der Waals surface area contributed by atoms with Gasteiger partial charge in [0.15, 0.2) is 0 Å². The van der Waals surface area contributed by atoms with Gasteiger partial charge < -0.3 is 4.74 Å². The average Bonchev–Trinajstić information content (AvgIpc) is 2.70. The van der Waals surface area contributed by atoms with Crippen LogP contribution in [0, 0.1) is 13.8 Å². The van der Waals surface area contributed by atoms with E-state index in [2.05, 4.69) is 10.5 Å². The van der Waals surface area contributed by atoms with E-state index in [1.54, 1.807) is 18.3 Å². The number of amides is 1. The number of hydrazone groups is 1. The molecule has 1 heterocycles. The first-order valence-corrected chi connectivity index (χ1v) is 10.4. The maximum Gasteiger partial charge on any atom is 0.271 e. The van der Waals surface area contributed by atoms with Crippen LogP contribution in [-0.4, -0.2) is 51.1 Å². The minimum absolute atomic E-state index is 0.0837. The molecule has 2 aromatic rings. The highest BCUT2D eigenvalue weighted by Gasteiger charge is 2.26. The second kappa shape index (κ2) is 8.64. The summed E-state index contributed by atoms with van der Waals surface area (Å²) in [6.07, 6.45) is 1.57. The van der Waals surface area contributed by atoms with Crippen LogP contribution in [-0.2, 0) is 14.8 Å². The first-order chi connectivity index (χ1) is 13.4. The van der Waals surface area contributed by atoms with Crippen molar-refractivity contribution in [2.75, 3.05) is 26.3 Å². The van der Waals surface area contributed by atoms with Gasteiger partial charge in [-0.25, -0.2) is 13.8 Å². The lowest BCUT2D eigenvalue weighted by Gasteiger charge is -2.26. The Morgan fingerprint density at radius 3 is 2.61 bits per heavy atom. The van der Waals surface area contributed by atoms with E-state index in [1.807, 2.05) is 32.0 Å². The number of benzene rings is 2. The molecule has 1 fully saturated rings. The van der Waals surface area contributed by atoms with E-state index in [0.717, 1.165) is 16.7 Å². The van der Waals surface area contributed by atoms with E-state index in [1.165, 1.54) is 16.4 Å². The molecule has 3 rings (SSSR count). The molecule has 28 heavy (non-hydrogen) atoms. The van der Waals surface area contributed by atoms with Gasteiger partial charge in [0.1, 0.15) is 0 Å². The molecule has 0 unspecified atom stereocenters. The molecule has 0 saturated carbocycles. The summed E-state index contributed by atoms with van der Waals surface area (Å²) < 4.78 is 32.0. The third-order valence-corrected chi connectivity index (χ3v) is 6.39. The Kier molecular flexibility index (Phi) is 6.23. The number of morpholine rings is 1. The number of ether oxygens (including phenoxy) is 1. The van der Waals surface area contributed by atoms with Crippen molar-refractivity contribution in [3.05, 3.63) is 64.7 Å². The molecule has 7 nitrogen and oxygen atoms in total. The van der Waals surface area contributed by atoms with Gasteiger partial charge in [-0.1, -0.05) is 29.8 Å². The topological polar surface area (TPSA) is 88.1 Å². The SMILES string of the molecule is Cc1ccc(/C=N\NC(=O)c2cccc(S(=O)(=O)N3CCOCC3)c2)c(C)c1. The molecule has 1 N–H and O–H groups in total. The van der Waals surface area contributed by atoms with Gasteiger partial charge in [0.2, 0.25) is 10.0 Å². The normalized spacial score (nSPS) is 15.6. The maximum absolute atomic E-state index is 12.7. The quantitative estimate of drug-likeness (QED) is 0.614. The van der Waals surface area contributed by atoms with Gasteiger partial charge >= 0.3 is 0 Å². The maximum atomic E-state index is 12.7. The Morgan fingerprint density at radius 1 is 1.14 bits per heavy atom. The molecule has 1 saturated heterocycles. The highest BCUT2D eigenvalue weighted by molar-refractivity contribution is 7.89. The van der Waals surface area contributed by atoms with E-state index in [-0.39, 0.29) is 10.5 Å². The molecule has 0 spiro atoms. The minimum atomic E-state index is -3.66.